The highest BCUT2D eigenvalue weighted by molar-refractivity contribution is 7.80. The molecule has 1 fully saturated rings. The lowest BCUT2D eigenvalue weighted by atomic mass is 10.1. The van der Waals surface area contributed by atoms with Crippen molar-refractivity contribution in [1.29, 1.82) is 0 Å². The van der Waals surface area contributed by atoms with E-state index in [0.717, 1.165) is 40.9 Å². The lowest BCUT2D eigenvalue weighted by molar-refractivity contribution is -0.114. The van der Waals surface area contributed by atoms with Gasteiger partial charge in [0.05, 0.1) is 12.3 Å². The molecular weight excluding hydrogens is 442 g/mol. The number of anilines is 1. The summed E-state index contributed by atoms with van der Waals surface area (Å²) < 4.78 is 8.08. The molecule has 170 valence electrons. The maximum Gasteiger partial charge on any atom is 0.281 e. The monoisotopic (exact) mass is 467 g/mol. The molecule has 0 radical (unpaired) electrons. The number of rotatable bonds is 7. The molecule has 4 aromatic rings. The third-order valence-corrected chi connectivity index (χ3v) is 6.40. The minimum absolute atomic E-state index is 0.119. The Kier molecular flexibility index (Phi) is 6.14. The summed E-state index contributed by atoms with van der Waals surface area (Å²) in [6, 6.07) is 27.6. The average Bonchev–Trinajstić information content (AvgIpc) is 3.33. The average molecular weight is 468 g/mol. The molecule has 2 heterocycles. The zero-order valence-corrected chi connectivity index (χ0v) is 19.7. The summed E-state index contributed by atoms with van der Waals surface area (Å²) in [7, 11) is 1.84. The third kappa shape index (κ3) is 4.20. The highest BCUT2D eigenvalue weighted by atomic mass is 32.1. The summed E-state index contributed by atoms with van der Waals surface area (Å²) in [6.07, 6.45) is 4.92. The summed E-state index contributed by atoms with van der Waals surface area (Å²) in [4.78, 5) is 16.7. The molecule has 0 saturated carbocycles. The molecule has 6 heteroatoms. The van der Waals surface area contributed by atoms with Crippen LogP contribution in [0.25, 0.3) is 17.0 Å². The second-order valence-electron chi connectivity index (χ2n) is 8.16. The summed E-state index contributed by atoms with van der Waals surface area (Å²) in [5, 5.41) is 1.58. The van der Waals surface area contributed by atoms with Gasteiger partial charge in [0.25, 0.3) is 5.91 Å². The Morgan fingerprint density at radius 1 is 0.912 bits per heavy atom. The van der Waals surface area contributed by atoms with Gasteiger partial charge in [0.2, 0.25) is 0 Å². The maximum absolute atomic E-state index is 13.3. The number of benzene rings is 3. The van der Waals surface area contributed by atoms with Crippen molar-refractivity contribution in [1.82, 2.24) is 9.47 Å². The number of hydrogen-bond donors (Lipinski definition) is 0. The molecule has 5 rings (SSSR count). The molecule has 3 aromatic carbocycles. The first-order chi connectivity index (χ1) is 16.6. The van der Waals surface area contributed by atoms with Crippen LogP contribution in [0.2, 0.25) is 0 Å². The summed E-state index contributed by atoms with van der Waals surface area (Å²) in [5.74, 6) is 0.763. The number of carbonyl (C=O) groups excluding carboxylic acids is 1. The molecule has 0 spiro atoms. The van der Waals surface area contributed by atoms with Crippen LogP contribution in [0.15, 0.2) is 96.8 Å². The van der Waals surface area contributed by atoms with Crippen LogP contribution in [0.3, 0.4) is 0 Å². The summed E-state index contributed by atoms with van der Waals surface area (Å²) in [5.41, 5.74) is 3.45. The van der Waals surface area contributed by atoms with Gasteiger partial charge in [-0.3, -0.25) is 9.69 Å². The third-order valence-electron chi connectivity index (χ3n) is 5.94. The van der Waals surface area contributed by atoms with E-state index in [9.17, 15) is 4.79 Å². The smallest absolute Gasteiger partial charge is 0.281 e. The molecule has 1 aliphatic rings. The molecule has 0 bridgehead atoms. The molecule has 0 atom stereocenters. The molecule has 1 aromatic heterocycles. The van der Waals surface area contributed by atoms with Crippen LogP contribution in [0.1, 0.15) is 12.0 Å². The van der Waals surface area contributed by atoms with Crippen LogP contribution in [-0.2, 0) is 11.3 Å². The van der Waals surface area contributed by atoms with E-state index >= 15 is 0 Å². The lowest BCUT2D eigenvalue weighted by Gasteiger charge is -2.16. The first-order valence-electron chi connectivity index (χ1n) is 11.3. The number of aromatic nitrogens is 1. The molecule has 34 heavy (non-hydrogen) atoms. The van der Waals surface area contributed by atoms with Crippen LogP contribution < -0.4 is 9.64 Å². The minimum atomic E-state index is -0.119. The van der Waals surface area contributed by atoms with E-state index in [-0.39, 0.29) is 5.91 Å². The normalized spacial score (nSPS) is 15.0. The topological polar surface area (TPSA) is 37.7 Å². The van der Waals surface area contributed by atoms with Crippen molar-refractivity contribution in [2.24, 2.45) is 0 Å². The molecule has 5 nitrogen and oxygen atoms in total. The Morgan fingerprint density at radius 2 is 1.59 bits per heavy atom. The zero-order chi connectivity index (χ0) is 23.5. The van der Waals surface area contributed by atoms with Crippen LogP contribution >= 0.6 is 12.2 Å². The van der Waals surface area contributed by atoms with Gasteiger partial charge in [-0.1, -0.05) is 54.6 Å². The highest BCUT2D eigenvalue weighted by Crippen LogP contribution is 2.30. The van der Waals surface area contributed by atoms with Gasteiger partial charge < -0.3 is 14.2 Å². The number of fused-ring (bicyclic) bond motifs is 1. The predicted molar refractivity (Wildman–Crippen MR) is 141 cm³/mol. The molecule has 1 aliphatic heterocycles. The van der Waals surface area contributed by atoms with Crippen LogP contribution in [0, 0.1) is 0 Å². The number of para-hydroxylation sites is 3. The largest absolute Gasteiger partial charge is 0.494 e. The van der Waals surface area contributed by atoms with Crippen molar-refractivity contribution >= 4 is 45.9 Å². The van der Waals surface area contributed by atoms with Crippen molar-refractivity contribution in [3.8, 4) is 5.75 Å². The highest BCUT2D eigenvalue weighted by Gasteiger charge is 2.36. The Morgan fingerprint density at radius 3 is 2.35 bits per heavy atom. The number of amides is 1. The van der Waals surface area contributed by atoms with Gasteiger partial charge in [-0.15, -0.1) is 0 Å². The number of aryl methyl sites for hydroxylation is 1. The standard InChI is InChI=1S/C28H25N3O2S/c1-29-26(27(32)31(28(29)34)22-11-4-2-5-12-22)19-21-20-30(25-16-9-8-15-24(21)25)17-10-18-33-23-13-6-3-7-14-23/h2-9,11-16,19-20H,10,17-18H2,1H3/b26-19-. The van der Waals surface area contributed by atoms with Gasteiger partial charge in [-0.2, -0.15) is 0 Å². The van der Waals surface area contributed by atoms with Crippen molar-refractivity contribution in [3.05, 3.63) is 102 Å². The summed E-state index contributed by atoms with van der Waals surface area (Å²) >= 11 is 5.60. The van der Waals surface area contributed by atoms with E-state index < -0.39 is 0 Å². The molecule has 0 unspecified atom stereocenters. The van der Waals surface area contributed by atoms with Gasteiger partial charge in [0, 0.05) is 36.3 Å². The number of hydrogen-bond acceptors (Lipinski definition) is 3. The Balaban J connectivity index is 1.39. The van der Waals surface area contributed by atoms with E-state index in [0.29, 0.717) is 17.4 Å². The fourth-order valence-electron chi connectivity index (χ4n) is 4.23. The van der Waals surface area contributed by atoms with E-state index in [4.69, 9.17) is 17.0 Å². The SMILES string of the molecule is CN1C(=S)N(c2ccccc2)C(=O)/C1=C/c1cn(CCCOc2ccccc2)c2ccccc12. The summed E-state index contributed by atoms with van der Waals surface area (Å²) in [6.45, 7) is 1.45. The van der Waals surface area contributed by atoms with Crippen LogP contribution in [0.5, 0.6) is 5.75 Å². The number of nitrogens with zero attached hydrogens (tertiary/aromatic N) is 3. The van der Waals surface area contributed by atoms with Crippen molar-refractivity contribution in [2.45, 2.75) is 13.0 Å². The first kappa shape index (κ1) is 21.9. The van der Waals surface area contributed by atoms with Gasteiger partial charge >= 0.3 is 0 Å². The quantitative estimate of drug-likeness (QED) is 0.198. The van der Waals surface area contributed by atoms with Gasteiger partial charge in [-0.25, -0.2) is 0 Å². The molecular formula is C28H25N3O2S. The van der Waals surface area contributed by atoms with Crippen molar-refractivity contribution < 1.29 is 9.53 Å². The van der Waals surface area contributed by atoms with E-state index in [2.05, 4.69) is 22.9 Å². The van der Waals surface area contributed by atoms with E-state index in [1.807, 2.05) is 85.9 Å². The first-order valence-corrected chi connectivity index (χ1v) is 11.7. The fourth-order valence-corrected chi connectivity index (χ4v) is 4.51. The van der Waals surface area contributed by atoms with Gasteiger partial charge in [0.15, 0.2) is 5.11 Å². The van der Waals surface area contributed by atoms with Gasteiger partial charge in [-0.05, 0) is 55.0 Å². The second kappa shape index (κ2) is 9.53. The number of ether oxygens (including phenoxy) is 1. The predicted octanol–water partition coefficient (Wildman–Crippen LogP) is 5.71. The molecule has 0 aliphatic carbocycles. The fraction of sp³-hybridized carbons (Fsp3) is 0.143. The van der Waals surface area contributed by atoms with E-state index in [1.54, 1.807) is 9.80 Å². The molecule has 0 N–H and O–H groups in total. The zero-order valence-electron chi connectivity index (χ0n) is 18.9. The molecule has 1 saturated heterocycles. The van der Waals surface area contributed by atoms with Crippen molar-refractivity contribution in [3.63, 3.8) is 0 Å². The second-order valence-corrected chi connectivity index (χ2v) is 8.52. The number of carbonyl (C=O) groups is 1. The van der Waals surface area contributed by atoms with Crippen molar-refractivity contribution in [2.75, 3.05) is 18.6 Å². The molecule has 1 amide bonds. The Hall–Kier alpha value is -3.90. The maximum atomic E-state index is 13.3. The van der Waals surface area contributed by atoms with Gasteiger partial charge in [0.1, 0.15) is 11.4 Å². The van der Waals surface area contributed by atoms with E-state index in [1.165, 1.54) is 0 Å². The number of likely N-dealkylation sites (N-methyl/N-ethyl adjacent to an activating group) is 1. The number of thiocarbonyl (C=S) groups is 1. The lowest BCUT2D eigenvalue weighted by Crippen LogP contribution is -2.30. The Labute approximate surface area is 204 Å². The van der Waals surface area contributed by atoms with Crippen LogP contribution in [-0.4, -0.2) is 34.1 Å². The van der Waals surface area contributed by atoms with Crippen LogP contribution in [0.4, 0.5) is 5.69 Å². The Bertz CT molecular complexity index is 1360. The minimum Gasteiger partial charge on any atom is -0.494 e.